The van der Waals surface area contributed by atoms with Gasteiger partial charge in [0.1, 0.15) is 5.60 Å². The maximum Gasteiger partial charge on any atom is 0.214 e. The van der Waals surface area contributed by atoms with Gasteiger partial charge in [0.05, 0.1) is 24.5 Å². The number of aliphatic hydroxyl groups is 1. The van der Waals surface area contributed by atoms with E-state index >= 15 is 0 Å². The Balaban J connectivity index is 2.28. The molecule has 5 nitrogen and oxygen atoms in total. The Morgan fingerprint density at radius 1 is 1.40 bits per heavy atom. The maximum absolute atomic E-state index is 12.0. The van der Waals surface area contributed by atoms with Crippen LogP contribution >= 0.6 is 15.9 Å². The number of nitrogens with one attached hydrogen (secondary N) is 1. The maximum atomic E-state index is 12.0. The van der Waals surface area contributed by atoms with E-state index in [4.69, 9.17) is 4.74 Å². The van der Waals surface area contributed by atoms with E-state index in [0.29, 0.717) is 5.56 Å². The summed E-state index contributed by atoms with van der Waals surface area (Å²) in [4.78, 5) is 0. The molecule has 20 heavy (non-hydrogen) atoms. The first-order valence-electron chi connectivity index (χ1n) is 6.33. The summed E-state index contributed by atoms with van der Waals surface area (Å²) in [6, 6.07) is 6.44. The fraction of sp³-hybridized carbons (Fsp3) is 0.538. The number of halogens is 1. The summed E-state index contributed by atoms with van der Waals surface area (Å²) >= 11 is 3.33. The highest BCUT2D eigenvalue weighted by molar-refractivity contribution is 9.10. The third kappa shape index (κ3) is 3.07. The van der Waals surface area contributed by atoms with Crippen LogP contribution in [0.15, 0.2) is 28.7 Å². The van der Waals surface area contributed by atoms with Crippen LogP contribution in [0.3, 0.4) is 0 Å². The average molecular weight is 364 g/mol. The minimum Gasteiger partial charge on any atom is -0.381 e. The van der Waals surface area contributed by atoms with Gasteiger partial charge in [-0.15, -0.1) is 0 Å². The molecule has 0 spiro atoms. The smallest absolute Gasteiger partial charge is 0.214 e. The molecule has 2 rings (SSSR count). The van der Waals surface area contributed by atoms with Gasteiger partial charge in [-0.1, -0.05) is 28.1 Å². The monoisotopic (exact) mass is 363 g/mol. The van der Waals surface area contributed by atoms with E-state index in [0.717, 1.165) is 4.47 Å². The van der Waals surface area contributed by atoms with E-state index in [2.05, 4.69) is 20.7 Å². The standard InChI is InChI=1S/C13H18BrNO4S/c1-9(2)20(17,18)15-12-7-19-8-13(12,16)10-3-5-11(14)6-4-10/h3-6,9,12,15-16H,7-8H2,1-2H3/t12-,13+/m0/s1. The van der Waals surface area contributed by atoms with Gasteiger partial charge < -0.3 is 9.84 Å². The molecular weight excluding hydrogens is 346 g/mol. The van der Waals surface area contributed by atoms with E-state index in [9.17, 15) is 13.5 Å². The van der Waals surface area contributed by atoms with Crippen LogP contribution in [0.5, 0.6) is 0 Å². The Morgan fingerprint density at radius 2 is 2.00 bits per heavy atom. The van der Waals surface area contributed by atoms with Gasteiger partial charge in [0.25, 0.3) is 0 Å². The van der Waals surface area contributed by atoms with Crippen molar-refractivity contribution >= 4 is 26.0 Å². The fourth-order valence-electron chi connectivity index (χ4n) is 2.06. The first kappa shape index (κ1) is 15.9. The van der Waals surface area contributed by atoms with Crippen molar-refractivity contribution in [2.75, 3.05) is 13.2 Å². The summed E-state index contributed by atoms with van der Waals surface area (Å²) in [6.45, 7) is 3.41. The van der Waals surface area contributed by atoms with Crippen molar-refractivity contribution in [1.29, 1.82) is 0 Å². The Morgan fingerprint density at radius 3 is 2.55 bits per heavy atom. The molecule has 2 atom stereocenters. The number of ether oxygens (including phenoxy) is 1. The Kier molecular flexibility index (Phi) is 4.56. The molecule has 2 N–H and O–H groups in total. The molecule has 1 fully saturated rings. The summed E-state index contributed by atoms with van der Waals surface area (Å²) < 4.78 is 32.7. The molecule has 1 aromatic rings. The highest BCUT2D eigenvalue weighted by Crippen LogP contribution is 2.32. The minimum atomic E-state index is -3.47. The molecule has 0 bridgehead atoms. The second kappa shape index (κ2) is 5.73. The topological polar surface area (TPSA) is 75.6 Å². The van der Waals surface area contributed by atoms with E-state index < -0.39 is 26.9 Å². The molecule has 0 radical (unpaired) electrons. The zero-order chi connectivity index (χ0) is 15.0. The lowest BCUT2D eigenvalue weighted by molar-refractivity contribution is 0.0121. The second-order valence-electron chi connectivity index (χ2n) is 5.21. The molecule has 1 aliphatic heterocycles. The Labute approximate surface area is 127 Å². The van der Waals surface area contributed by atoms with Crippen molar-refractivity contribution in [2.45, 2.75) is 30.7 Å². The van der Waals surface area contributed by atoms with E-state index in [-0.39, 0.29) is 13.2 Å². The molecule has 1 aromatic carbocycles. The highest BCUT2D eigenvalue weighted by atomic mass is 79.9. The van der Waals surface area contributed by atoms with Gasteiger partial charge in [0.15, 0.2) is 0 Å². The van der Waals surface area contributed by atoms with Gasteiger partial charge in [0.2, 0.25) is 10.0 Å². The predicted molar refractivity (Wildman–Crippen MR) is 79.8 cm³/mol. The molecule has 0 aromatic heterocycles. The van der Waals surface area contributed by atoms with Crippen molar-refractivity contribution in [3.8, 4) is 0 Å². The zero-order valence-corrected chi connectivity index (χ0v) is 13.7. The highest BCUT2D eigenvalue weighted by Gasteiger charge is 2.46. The molecule has 0 unspecified atom stereocenters. The van der Waals surface area contributed by atoms with E-state index in [1.165, 1.54) is 0 Å². The molecule has 1 saturated heterocycles. The summed E-state index contributed by atoms with van der Waals surface area (Å²) in [7, 11) is -3.47. The normalized spacial score (nSPS) is 27.1. The van der Waals surface area contributed by atoms with Crippen LogP contribution in [0.25, 0.3) is 0 Å². The van der Waals surface area contributed by atoms with Crippen LogP contribution in [0.1, 0.15) is 19.4 Å². The van der Waals surface area contributed by atoms with E-state index in [1.807, 2.05) is 0 Å². The van der Waals surface area contributed by atoms with Crippen LogP contribution in [0, 0.1) is 0 Å². The number of sulfonamides is 1. The molecule has 0 amide bonds. The lowest BCUT2D eigenvalue weighted by atomic mass is 9.90. The van der Waals surface area contributed by atoms with Crippen LogP contribution < -0.4 is 4.72 Å². The van der Waals surface area contributed by atoms with Crippen LogP contribution in [0.4, 0.5) is 0 Å². The molecular formula is C13H18BrNO4S. The first-order chi connectivity index (χ1) is 9.25. The second-order valence-corrected chi connectivity index (χ2v) is 8.39. The summed E-state index contributed by atoms with van der Waals surface area (Å²) in [5, 5.41) is 10.2. The minimum absolute atomic E-state index is 0.0694. The lowest BCUT2D eigenvalue weighted by Crippen LogP contribution is -2.51. The largest absolute Gasteiger partial charge is 0.381 e. The Hall–Kier alpha value is -0.470. The predicted octanol–water partition coefficient (Wildman–Crippen LogP) is 1.36. The SMILES string of the molecule is CC(C)S(=O)(=O)N[C@H]1COC[C@@]1(O)c1ccc(Br)cc1. The van der Waals surface area contributed by atoms with Crippen molar-refractivity contribution in [3.63, 3.8) is 0 Å². The van der Waals surface area contributed by atoms with Gasteiger partial charge in [0, 0.05) is 4.47 Å². The van der Waals surface area contributed by atoms with Crippen LogP contribution in [0.2, 0.25) is 0 Å². The third-order valence-electron chi connectivity index (χ3n) is 3.45. The van der Waals surface area contributed by atoms with Gasteiger partial charge in [-0.2, -0.15) is 0 Å². The van der Waals surface area contributed by atoms with Crippen LogP contribution in [-0.2, 0) is 20.4 Å². The first-order valence-corrected chi connectivity index (χ1v) is 8.67. The third-order valence-corrected chi connectivity index (χ3v) is 5.84. The van der Waals surface area contributed by atoms with Gasteiger partial charge in [-0.05, 0) is 31.5 Å². The van der Waals surface area contributed by atoms with Gasteiger partial charge in [-0.25, -0.2) is 13.1 Å². The van der Waals surface area contributed by atoms with Crippen molar-refractivity contribution in [2.24, 2.45) is 0 Å². The number of benzene rings is 1. The quantitative estimate of drug-likeness (QED) is 0.846. The van der Waals surface area contributed by atoms with Gasteiger partial charge in [-0.3, -0.25) is 0 Å². The summed E-state index contributed by atoms with van der Waals surface area (Å²) in [5.41, 5.74) is -0.711. The molecule has 7 heteroatoms. The molecule has 112 valence electrons. The molecule has 1 aliphatic rings. The molecule has 1 heterocycles. The van der Waals surface area contributed by atoms with Gasteiger partial charge >= 0.3 is 0 Å². The average Bonchev–Trinajstić information content (AvgIpc) is 2.72. The number of rotatable bonds is 4. The lowest BCUT2D eigenvalue weighted by Gasteiger charge is -2.29. The molecule has 0 aliphatic carbocycles. The summed E-state index contributed by atoms with van der Waals surface area (Å²) in [6.07, 6.45) is 0. The van der Waals surface area contributed by atoms with Crippen molar-refractivity contribution in [1.82, 2.24) is 4.72 Å². The summed E-state index contributed by atoms with van der Waals surface area (Å²) in [5.74, 6) is 0. The number of hydrogen-bond donors (Lipinski definition) is 2. The van der Waals surface area contributed by atoms with Crippen LogP contribution in [-0.4, -0.2) is 38.0 Å². The fourth-order valence-corrected chi connectivity index (χ4v) is 3.26. The zero-order valence-electron chi connectivity index (χ0n) is 11.3. The molecule has 0 saturated carbocycles. The number of hydrogen-bond acceptors (Lipinski definition) is 4. The van der Waals surface area contributed by atoms with Crippen molar-refractivity contribution < 1.29 is 18.3 Å². The van der Waals surface area contributed by atoms with E-state index in [1.54, 1.807) is 38.1 Å². The van der Waals surface area contributed by atoms with Crippen molar-refractivity contribution in [3.05, 3.63) is 34.3 Å². The Bertz CT molecular complexity index is 573.